The molecule has 2 heterocycles. The molecule has 3 N–H and O–H groups in total. The fourth-order valence-corrected chi connectivity index (χ4v) is 3.14. The molecule has 1 aromatic rings. The molecule has 2 aliphatic heterocycles. The van der Waals surface area contributed by atoms with E-state index in [1.54, 1.807) is 0 Å². The maximum absolute atomic E-state index is 11.4. The second-order valence-electron chi connectivity index (χ2n) is 5.92. The number of benzene rings is 1. The molecule has 2 unspecified atom stereocenters. The van der Waals surface area contributed by atoms with Crippen LogP contribution in [0.15, 0.2) is 12.1 Å². The molecule has 108 valence electrons. The number of fused-ring (bicyclic) bond motifs is 1. The van der Waals surface area contributed by atoms with E-state index in [2.05, 4.69) is 24.1 Å². The van der Waals surface area contributed by atoms with Gasteiger partial charge in [-0.15, -0.1) is 0 Å². The van der Waals surface area contributed by atoms with Gasteiger partial charge in [0.1, 0.15) is 5.75 Å². The minimum Gasteiger partial charge on any atom is -0.482 e. The Hall–Kier alpha value is -1.91. The summed E-state index contributed by atoms with van der Waals surface area (Å²) < 4.78 is 5.39. The normalized spacial score (nSPS) is 25.7. The Morgan fingerprint density at radius 3 is 2.95 bits per heavy atom. The van der Waals surface area contributed by atoms with Crippen LogP contribution in [0.5, 0.6) is 5.75 Å². The van der Waals surface area contributed by atoms with Gasteiger partial charge in [0.25, 0.3) is 5.91 Å². The third-order valence-corrected chi connectivity index (χ3v) is 4.21. The molecule has 2 aliphatic rings. The quantitative estimate of drug-likeness (QED) is 0.771. The molecule has 3 rings (SSSR count). The number of hydrogen-bond donors (Lipinski definition) is 2. The van der Waals surface area contributed by atoms with E-state index >= 15 is 0 Å². The summed E-state index contributed by atoms with van der Waals surface area (Å²) in [6, 6.07) is 4.21. The number of anilines is 3. The van der Waals surface area contributed by atoms with Crippen LogP contribution >= 0.6 is 0 Å². The van der Waals surface area contributed by atoms with Crippen molar-refractivity contribution < 1.29 is 9.53 Å². The molecule has 0 radical (unpaired) electrons. The number of hydrogen-bond acceptors (Lipinski definition) is 4. The van der Waals surface area contributed by atoms with Crippen molar-refractivity contribution in [2.24, 2.45) is 5.92 Å². The molecule has 0 bridgehead atoms. The van der Waals surface area contributed by atoms with Crippen LogP contribution in [0.4, 0.5) is 17.1 Å². The van der Waals surface area contributed by atoms with E-state index in [4.69, 9.17) is 10.5 Å². The standard InChI is InChI=1S/C15H21N3O2/c1-9-3-4-18(10(2)5-9)13-7-12-14(6-11(13)16)20-8-15(19)17-12/h6-7,9-10H,3-5,8,16H2,1-2H3,(H,17,19). The lowest BCUT2D eigenvalue weighted by Crippen LogP contribution is -2.40. The molecular formula is C15H21N3O2. The van der Waals surface area contributed by atoms with Crippen molar-refractivity contribution in [3.63, 3.8) is 0 Å². The van der Waals surface area contributed by atoms with Gasteiger partial charge in [0, 0.05) is 18.7 Å². The molecule has 0 aliphatic carbocycles. The SMILES string of the molecule is CC1CCN(c2cc3c(cc2N)OCC(=O)N3)C(C)C1. The Balaban J connectivity index is 1.93. The molecule has 0 saturated carbocycles. The molecule has 1 fully saturated rings. The lowest BCUT2D eigenvalue weighted by molar-refractivity contribution is -0.118. The molecule has 20 heavy (non-hydrogen) atoms. The molecule has 1 aromatic carbocycles. The molecule has 1 amide bonds. The highest BCUT2D eigenvalue weighted by Gasteiger charge is 2.26. The van der Waals surface area contributed by atoms with Crippen molar-refractivity contribution >= 4 is 23.0 Å². The summed E-state index contributed by atoms with van der Waals surface area (Å²) in [5.74, 6) is 1.29. The van der Waals surface area contributed by atoms with E-state index in [1.807, 2.05) is 12.1 Å². The fraction of sp³-hybridized carbons (Fsp3) is 0.533. The Morgan fingerprint density at radius 2 is 2.20 bits per heavy atom. The summed E-state index contributed by atoms with van der Waals surface area (Å²) in [4.78, 5) is 13.8. The van der Waals surface area contributed by atoms with Gasteiger partial charge in [-0.3, -0.25) is 4.79 Å². The fourth-order valence-electron chi connectivity index (χ4n) is 3.14. The third-order valence-electron chi connectivity index (χ3n) is 4.21. The number of nitrogens with one attached hydrogen (secondary N) is 1. The van der Waals surface area contributed by atoms with E-state index < -0.39 is 0 Å². The number of carbonyl (C=O) groups excluding carboxylic acids is 1. The van der Waals surface area contributed by atoms with E-state index in [1.165, 1.54) is 12.8 Å². The van der Waals surface area contributed by atoms with Crippen LogP contribution in [-0.4, -0.2) is 25.1 Å². The van der Waals surface area contributed by atoms with Crippen molar-refractivity contribution in [2.45, 2.75) is 32.7 Å². The largest absolute Gasteiger partial charge is 0.482 e. The maximum Gasteiger partial charge on any atom is 0.262 e. The summed E-state index contributed by atoms with van der Waals surface area (Å²) in [5.41, 5.74) is 8.60. The summed E-state index contributed by atoms with van der Waals surface area (Å²) in [6.45, 7) is 5.57. The number of ether oxygens (including phenoxy) is 1. The van der Waals surface area contributed by atoms with Gasteiger partial charge in [0.2, 0.25) is 0 Å². The lowest BCUT2D eigenvalue weighted by atomic mass is 9.92. The van der Waals surface area contributed by atoms with Crippen LogP contribution < -0.4 is 20.7 Å². The minimum atomic E-state index is -0.117. The van der Waals surface area contributed by atoms with Crippen LogP contribution in [-0.2, 0) is 4.79 Å². The predicted octanol–water partition coefficient (Wildman–Crippen LogP) is 2.22. The number of nitrogens with zero attached hydrogens (tertiary/aromatic N) is 1. The first-order chi connectivity index (χ1) is 9.54. The van der Waals surface area contributed by atoms with Crippen LogP contribution in [0, 0.1) is 5.92 Å². The van der Waals surface area contributed by atoms with Crippen LogP contribution in [0.2, 0.25) is 0 Å². The zero-order valence-corrected chi connectivity index (χ0v) is 12.0. The number of amides is 1. The molecule has 5 heteroatoms. The van der Waals surface area contributed by atoms with Gasteiger partial charge in [0.15, 0.2) is 6.61 Å². The van der Waals surface area contributed by atoms with Gasteiger partial charge in [-0.2, -0.15) is 0 Å². The zero-order chi connectivity index (χ0) is 14.3. The van der Waals surface area contributed by atoms with Crippen LogP contribution in [0.25, 0.3) is 0 Å². The van der Waals surface area contributed by atoms with Crippen molar-refractivity contribution in [1.82, 2.24) is 0 Å². The highest BCUT2D eigenvalue weighted by molar-refractivity contribution is 5.97. The van der Waals surface area contributed by atoms with Gasteiger partial charge in [-0.05, 0) is 31.7 Å². The monoisotopic (exact) mass is 275 g/mol. The Labute approximate surface area is 119 Å². The van der Waals surface area contributed by atoms with Crippen LogP contribution in [0.3, 0.4) is 0 Å². The molecule has 0 aromatic heterocycles. The lowest BCUT2D eigenvalue weighted by Gasteiger charge is -2.39. The number of nitrogen functional groups attached to an aromatic ring is 1. The van der Waals surface area contributed by atoms with Gasteiger partial charge in [-0.1, -0.05) is 6.92 Å². The molecule has 2 atom stereocenters. The second kappa shape index (κ2) is 4.89. The van der Waals surface area contributed by atoms with Gasteiger partial charge >= 0.3 is 0 Å². The predicted molar refractivity (Wildman–Crippen MR) is 80.2 cm³/mol. The van der Waals surface area contributed by atoms with E-state index in [9.17, 15) is 4.79 Å². The van der Waals surface area contributed by atoms with Crippen molar-refractivity contribution in [3.05, 3.63) is 12.1 Å². The molecular weight excluding hydrogens is 254 g/mol. The summed E-state index contributed by atoms with van der Waals surface area (Å²) >= 11 is 0. The molecule has 1 saturated heterocycles. The van der Waals surface area contributed by atoms with Crippen molar-refractivity contribution in [1.29, 1.82) is 0 Å². The van der Waals surface area contributed by atoms with E-state index in [0.29, 0.717) is 17.5 Å². The topological polar surface area (TPSA) is 67.6 Å². The first kappa shape index (κ1) is 13.1. The summed E-state index contributed by atoms with van der Waals surface area (Å²) in [7, 11) is 0. The maximum atomic E-state index is 11.4. The minimum absolute atomic E-state index is 0.0589. The third kappa shape index (κ3) is 2.28. The van der Waals surface area contributed by atoms with E-state index in [0.717, 1.165) is 23.8 Å². The molecule has 5 nitrogen and oxygen atoms in total. The first-order valence-corrected chi connectivity index (χ1v) is 7.17. The van der Waals surface area contributed by atoms with Gasteiger partial charge in [0.05, 0.1) is 17.1 Å². The summed E-state index contributed by atoms with van der Waals surface area (Å²) in [6.07, 6.45) is 2.34. The zero-order valence-electron chi connectivity index (χ0n) is 12.0. The van der Waals surface area contributed by atoms with Crippen molar-refractivity contribution in [3.8, 4) is 5.75 Å². The number of piperidine rings is 1. The van der Waals surface area contributed by atoms with Crippen molar-refractivity contribution in [2.75, 3.05) is 29.1 Å². The van der Waals surface area contributed by atoms with Crippen LogP contribution in [0.1, 0.15) is 26.7 Å². The van der Waals surface area contributed by atoms with E-state index in [-0.39, 0.29) is 12.5 Å². The average Bonchev–Trinajstić information content (AvgIpc) is 2.39. The Bertz CT molecular complexity index is 544. The smallest absolute Gasteiger partial charge is 0.262 e. The second-order valence-corrected chi connectivity index (χ2v) is 5.92. The molecule has 0 spiro atoms. The highest BCUT2D eigenvalue weighted by Crippen LogP contribution is 2.39. The number of nitrogens with two attached hydrogens (primary N) is 1. The van der Waals surface area contributed by atoms with Gasteiger partial charge in [-0.25, -0.2) is 0 Å². The number of carbonyl (C=O) groups is 1. The first-order valence-electron chi connectivity index (χ1n) is 7.17. The highest BCUT2D eigenvalue weighted by atomic mass is 16.5. The average molecular weight is 275 g/mol. The summed E-state index contributed by atoms with van der Waals surface area (Å²) in [5, 5.41) is 2.84. The Morgan fingerprint density at radius 1 is 1.40 bits per heavy atom. The Kier molecular flexibility index (Phi) is 3.20. The van der Waals surface area contributed by atoms with Gasteiger partial charge < -0.3 is 20.7 Å². The number of rotatable bonds is 1.